The molecule has 3 N–H and O–H groups in total. The number of sulfonamides is 1. The summed E-state index contributed by atoms with van der Waals surface area (Å²) in [6.45, 7) is 3.27. The molecule has 150 valence electrons. The number of rotatable bonds is 6. The van der Waals surface area contributed by atoms with Crippen molar-refractivity contribution in [3.63, 3.8) is 0 Å². The Morgan fingerprint density at radius 2 is 1.66 bits per heavy atom. The van der Waals surface area contributed by atoms with E-state index in [0.717, 1.165) is 16.9 Å². The zero-order chi connectivity index (χ0) is 21.0. The summed E-state index contributed by atoms with van der Waals surface area (Å²) in [5.41, 5.74) is 2.60. The van der Waals surface area contributed by atoms with Crippen LogP contribution in [0.1, 0.15) is 22.8 Å². The maximum absolute atomic E-state index is 12.6. The van der Waals surface area contributed by atoms with E-state index in [-0.39, 0.29) is 16.0 Å². The summed E-state index contributed by atoms with van der Waals surface area (Å²) >= 11 is 1.12. The molecule has 0 fully saturated rings. The molecule has 0 aliphatic carbocycles. The number of hydrogen-bond acceptors (Lipinski definition) is 5. The average molecular weight is 430 g/mol. The molecule has 0 bridgehead atoms. The highest BCUT2D eigenvalue weighted by Gasteiger charge is 2.16. The van der Waals surface area contributed by atoms with Crippen LogP contribution in [0.2, 0.25) is 0 Å². The SMILES string of the molecule is CC(=O)Nc1ccc(C)cc1NC(=O)c1ccc(NS(=O)(=O)c2cccs2)cc1. The lowest BCUT2D eigenvalue weighted by atomic mass is 10.1. The number of amides is 2. The molecule has 0 unspecified atom stereocenters. The van der Waals surface area contributed by atoms with Gasteiger partial charge < -0.3 is 10.6 Å². The number of hydrogen-bond donors (Lipinski definition) is 3. The molecule has 0 spiro atoms. The number of aryl methyl sites for hydroxylation is 1. The number of carbonyl (C=O) groups excluding carboxylic acids is 2. The van der Waals surface area contributed by atoms with Crippen molar-refractivity contribution in [2.75, 3.05) is 15.4 Å². The summed E-state index contributed by atoms with van der Waals surface area (Å²) in [5, 5.41) is 7.13. The van der Waals surface area contributed by atoms with E-state index in [4.69, 9.17) is 0 Å². The van der Waals surface area contributed by atoms with Crippen LogP contribution < -0.4 is 15.4 Å². The standard InChI is InChI=1S/C20H19N3O4S2/c1-13-5-10-17(21-14(2)24)18(12-13)22-20(25)15-6-8-16(9-7-15)23-29(26,27)19-4-3-11-28-19/h3-12,23H,1-2H3,(H,21,24)(H,22,25). The minimum absolute atomic E-state index is 0.212. The number of thiophene rings is 1. The molecule has 0 saturated heterocycles. The highest BCUT2D eigenvalue weighted by molar-refractivity contribution is 7.94. The lowest BCUT2D eigenvalue weighted by molar-refractivity contribution is -0.114. The molecule has 0 radical (unpaired) electrons. The van der Waals surface area contributed by atoms with Crippen molar-refractivity contribution in [2.45, 2.75) is 18.1 Å². The van der Waals surface area contributed by atoms with E-state index in [1.807, 2.05) is 13.0 Å². The van der Waals surface area contributed by atoms with Crippen LogP contribution in [0.3, 0.4) is 0 Å². The minimum atomic E-state index is -3.65. The highest BCUT2D eigenvalue weighted by atomic mass is 32.2. The monoisotopic (exact) mass is 429 g/mol. The first-order valence-corrected chi connectivity index (χ1v) is 11.0. The number of nitrogens with one attached hydrogen (secondary N) is 3. The third-order valence-electron chi connectivity index (χ3n) is 3.89. The fourth-order valence-electron chi connectivity index (χ4n) is 2.57. The van der Waals surface area contributed by atoms with E-state index >= 15 is 0 Å². The summed E-state index contributed by atoms with van der Waals surface area (Å²) in [5.74, 6) is -0.624. The predicted molar refractivity (Wildman–Crippen MR) is 115 cm³/mol. The first-order chi connectivity index (χ1) is 13.7. The van der Waals surface area contributed by atoms with Gasteiger partial charge in [-0.2, -0.15) is 0 Å². The molecule has 0 aliphatic rings. The van der Waals surface area contributed by atoms with Crippen LogP contribution in [-0.2, 0) is 14.8 Å². The highest BCUT2D eigenvalue weighted by Crippen LogP contribution is 2.25. The molecule has 1 heterocycles. The number of anilines is 3. The van der Waals surface area contributed by atoms with Gasteiger partial charge in [-0.1, -0.05) is 12.1 Å². The van der Waals surface area contributed by atoms with Gasteiger partial charge in [0.15, 0.2) is 0 Å². The fourth-order valence-corrected chi connectivity index (χ4v) is 4.62. The molecule has 29 heavy (non-hydrogen) atoms. The lowest BCUT2D eigenvalue weighted by Gasteiger charge is -2.13. The molecular weight excluding hydrogens is 410 g/mol. The second kappa shape index (κ2) is 8.46. The molecule has 3 aromatic rings. The summed E-state index contributed by atoms with van der Waals surface area (Å²) in [6, 6.07) is 14.6. The van der Waals surface area contributed by atoms with Crippen molar-refractivity contribution >= 4 is 50.2 Å². The van der Waals surface area contributed by atoms with Crippen molar-refractivity contribution in [2.24, 2.45) is 0 Å². The Morgan fingerprint density at radius 3 is 2.28 bits per heavy atom. The largest absolute Gasteiger partial charge is 0.325 e. The molecule has 0 saturated carbocycles. The van der Waals surface area contributed by atoms with Gasteiger partial charge in [-0.05, 0) is 60.3 Å². The Morgan fingerprint density at radius 1 is 0.931 bits per heavy atom. The molecule has 1 aromatic heterocycles. The van der Waals surface area contributed by atoms with E-state index in [2.05, 4.69) is 15.4 Å². The second-order valence-corrected chi connectivity index (χ2v) is 9.16. The van der Waals surface area contributed by atoms with Gasteiger partial charge in [-0.25, -0.2) is 8.42 Å². The predicted octanol–water partition coefficient (Wildman–Crippen LogP) is 4.07. The zero-order valence-corrected chi connectivity index (χ0v) is 17.4. The van der Waals surface area contributed by atoms with E-state index < -0.39 is 10.0 Å². The van der Waals surface area contributed by atoms with Gasteiger partial charge in [-0.3, -0.25) is 14.3 Å². The van der Waals surface area contributed by atoms with Gasteiger partial charge in [0.1, 0.15) is 4.21 Å². The summed E-state index contributed by atoms with van der Waals surface area (Å²) in [6.07, 6.45) is 0. The molecule has 9 heteroatoms. The van der Waals surface area contributed by atoms with Gasteiger partial charge in [-0.15, -0.1) is 11.3 Å². The van der Waals surface area contributed by atoms with E-state index in [9.17, 15) is 18.0 Å². The average Bonchev–Trinajstić information content (AvgIpc) is 3.20. The quantitative estimate of drug-likeness (QED) is 0.549. The Bertz CT molecular complexity index is 1140. The maximum Gasteiger partial charge on any atom is 0.271 e. The van der Waals surface area contributed by atoms with E-state index in [1.54, 1.807) is 23.6 Å². The zero-order valence-electron chi connectivity index (χ0n) is 15.7. The Hall–Kier alpha value is -3.17. The Balaban J connectivity index is 1.75. The molecule has 2 amide bonds. The van der Waals surface area contributed by atoms with Crippen LogP contribution in [0.15, 0.2) is 64.2 Å². The van der Waals surface area contributed by atoms with E-state index in [0.29, 0.717) is 22.6 Å². The lowest BCUT2D eigenvalue weighted by Crippen LogP contribution is -2.15. The molecule has 7 nitrogen and oxygen atoms in total. The van der Waals surface area contributed by atoms with Gasteiger partial charge in [0.05, 0.1) is 11.4 Å². The van der Waals surface area contributed by atoms with Gasteiger partial charge >= 0.3 is 0 Å². The topological polar surface area (TPSA) is 104 Å². The van der Waals surface area contributed by atoms with Crippen LogP contribution in [-0.4, -0.2) is 20.2 Å². The van der Waals surface area contributed by atoms with Crippen molar-refractivity contribution in [1.29, 1.82) is 0 Å². The van der Waals surface area contributed by atoms with Crippen LogP contribution in [0.25, 0.3) is 0 Å². The second-order valence-electron chi connectivity index (χ2n) is 6.30. The summed E-state index contributed by atoms with van der Waals surface area (Å²) < 4.78 is 27.2. The van der Waals surface area contributed by atoms with Crippen molar-refractivity contribution in [3.05, 3.63) is 71.1 Å². The van der Waals surface area contributed by atoms with Crippen molar-refractivity contribution in [1.82, 2.24) is 0 Å². The molecule has 2 aromatic carbocycles. The summed E-state index contributed by atoms with van der Waals surface area (Å²) in [7, 11) is -3.65. The summed E-state index contributed by atoms with van der Waals surface area (Å²) in [4.78, 5) is 23.9. The maximum atomic E-state index is 12.6. The van der Waals surface area contributed by atoms with Crippen LogP contribution in [0.5, 0.6) is 0 Å². The third kappa shape index (κ3) is 5.21. The van der Waals surface area contributed by atoms with Gasteiger partial charge in [0, 0.05) is 18.2 Å². The van der Waals surface area contributed by atoms with Gasteiger partial charge in [0.2, 0.25) is 5.91 Å². The van der Waals surface area contributed by atoms with Gasteiger partial charge in [0.25, 0.3) is 15.9 Å². The van der Waals surface area contributed by atoms with Crippen molar-refractivity contribution in [3.8, 4) is 0 Å². The van der Waals surface area contributed by atoms with E-state index in [1.165, 1.54) is 37.3 Å². The van der Waals surface area contributed by atoms with Crippen LogP contribution in [0.4, 0.5) is 17.1 Å². The smallest absolute Gasteiger partial charge is 0.271 e. The molecule has 3 rings (SSSR count). The third-order valence-corrected chi connectivity index (χ3v) is 6.67. The number of carbonyl (C=O) groups is 2. The van der Waals surface area contributed by atoms with Crippen molar-refractivity contribution < 1.29 is 18.0 Å². The Kier molecular flexibility index (Phi) is 6.00. The molecule has 0 atom stereocenters. The first-order valence-electron chi connectivity index (χ1n) is 8.60. The number of benzene rings is 2. The molecule has 0 aliphatic heterocycles. The van der Waals surface area contributed by atoms with Crippen LogP contribution in [0, 0.1) is 6.92 Å². The van der Waals surface area contributed by atoms with Crippen LogP contribution >= 0.6 is 11.3 Å². The molecular formula is C20H19N3O4S2. The first kappa shape index (κ1) is 20.6. The minimum Gasteiger partial charge on any atom is -0.325 e. The normalized spacial score (nSPS) is 11.0. The Labute approximate surface area is 172 Å². The fraction of sp³-hybridized carbons (Fsp3) is 0.100.